The standard InChI is InChI=1S/C49H87O9P/c1-3-5-7-9-11-13-15-17-19-21-22-23-24-25-27-29-31-33-35-37-39-41-49(52)58-48(46-57-59(53,54)56-44-47(51)43-50)45-55-42-40-38-36-34-32-30-28-26-20-18-16-14-12-10-8-6-4-2/h5,7,11,13,17,19-20,22-23,25-27,47-48,50-51H,3-4,6,8-10,12,14-16,18,21,24,28-46H2,1-2H3,(H,53,54)/b7-5-,13-11-,19-17-,23-22-,26-20-,27-25-. The second-order valence-corrected chi connectivity index (χ2v) is 16.8. The Balaban J connectivity index is 4.20. The molecule has 0 saturated heterocycles. The molecule has 3 N–H and O–H groups in total. The Morgan fingerprint density at radius 3 is 1.47 bits per heavy atom. The summed E-state index contributed by atoms with van der Waals surface area (Å²) >= 11 is 0. The van der Waals surface area contributed by atoms with Gasteiger partial charge in [-0.2, -0.15) is 0 Å². The summed E-state index contributed by atoms with van der Waals surface area (Å²) in [7, 11) is -4.53. The van der Waals surface area contributed by atoms with Gasteiger partial charge < -0.3 is 24.6 Å². The molecular formula is C49H87O9P. The van der Waals surface area contributed by atoms with E-state index in [1.165, 1.54) is 70.6 Å². The van der Waals surface area contributed by atoms with Gasteiger partial charge in [-0.05, 0) is 83.5 Å². The van der Waals surface area contributed by atoms with E-state index in [0.29, 0.717) is 13.0 Å². The van der Waals surface area contributed by atoms with Crippen LogP contribution < -0.4 is 0 Å². The van der Waals surface area contributed by atoms with E-state index in [-0.39, 0.29) is 13.0 Å². The third-order valence-corrected chi connectivity index (χ3v) is 10.6. The SMILES string of the molecule is CC/C=C\C/C=C\C/C=C\C/C=C\C/C=C\CCCCCCCC(=O)OC(COCCCCCCCC/C=C\CCCCCCCCC)COP(=O)(O)OCC(O)CO. The van der Waals surface area contributed by atoms with E-state index in [9.17, 15) is 19.4 Å². The van der Waals surface area contributed by atoms with Crippen LogP contribution in [0, 0.1) is 0 Å². The minimum Gasteiger partial charge on any atom is -0.457 e. The number of unbranched alkanes of at least 4 members (excludes halogenated alkanes) is 18. The summed E-state index contributed by atoms with van der Waals surface area (Å²) in [5, 5.41) is 18.4. The maximum absolute atomic E-state index is 12.6. The van der Waals surface area contributed by atoms with Gasteiger partial charge in [-0.3, -0.25) is 13.8 Å². The molecule has 9 nitrogen and oxygen atoms in total. The van der Waals surface area contributed by atoms with Crippen LogP contribution in [0.3, 0.4) is 0 Å². The van der Waals surface area contributed by atoms with Crippen LogP contribution in [0.2, 0.25) is 0 Å². The van der Waals surface area contributed by atoms with Crippen LogP contribution in [0.25, 0.3) is 0 Å². The highest BCUT2D eigenvalue weighted by atomic mass is 31.2. The number of carbonyl (C=O) groups is 1. The fourth-order valence-corrected chi connectivity index (χ4v) is 6.87. The molecule has 0 bridgehead atoms. The van der Waals surface area contributed by atoms with Crippen molar-refractivity contribution >= 4 is 13.8 Å². The van der Waals surface area contributed by atoms with Crippen molar-refractivity contribution in [3.63, 3.8) is 0 Å². The molecule has 0 aliphatic rings. The van der Waals surface area contributed by atoms with E-state index in [1.54, 1.807) is 0 Å². The van der Waals surface area contributed by atoms with E-state index in [0.717, 1.165) is 89.9 Å². The molecule has 0 amide bonds. The lowest BCUT2D eigenvalue weighted by atomic mass is 10.1. The number of hydrogen-bond donors (Lipinski definition) is 3. The predicted molar refractivity (Wildman–Crippen MR) is 246 cm³/mol. The first-order valence-electron chi connectivity index (χ1n) is 23.4. The maximum Gasteiger partial charge on any atom is 0.472 e. The summed E-state index contributed by atoms with van der Waals surface area (Å²) in [6.45, 7) is 3.36. The van der Waals surface area contributed by atoms with Crippen LogP contribution in [0.15, 0.2) is 72.9 Å². The number of rotatable bonds is 44. The molecule has 0 heterocycles. The van der Waals surface area contributed by atoms with Crippen molar-refractivity contribution in [3.05, 3.63) is 72.9 Å². The van der Waals surface area contributed by atoms with Crippen molar-refractivity contribution in [1.82, 2.24) is 0 Å². The summed E-state index contributed by atoms with van der Waals surface area (Å²) in [4.78, 5) is 22.6. The van der Waals surface area contributed by atoms with E-state index in [1.807, 2.05) is 0 Å². The molecule has 0 fully saturated rings. The molecule has 3 unspecified atom stereocenters. The highest BCUT2D eigenvalue weighted by molar-refractivity contribution is 7.47. The van der Waals surface area contributed by atoms with Crippen molar-refractivity contribution < 1.29 is 43.0 Å². The topological polar surface area (TPSA) is 132 Å². The molecular weight excluding hydrogens is 764 g/mol. The number of hydrogen-bond acceptors (Lipinski definition) is 8. The van der Waals surface area contributed by atoms with Gasteiger partial charge in [0.15, 0.2) is 0 Å². The van der Waals surface area contributed by atoms with Crippen LogP contribution in [0.1, 0.15) is 187 Å². The highest BCUT2D eigenvalue weighted by Gasteiger charge is 2.26. The van der Waals surface area contributed by atoms with Crippen LogP contribution in [-0.4, -0.2) is 66.3 Å². The minimum absolute atomic E-state index is 0.0337. The van der Waals surface area contributed by atoms with Crippen LogP contribution in [0.4, 0.5) is 0 Å². The Bertz CT molecular complexity index is 1150. The van der Waals surface area contributed by atoms with Crippen LogP contribution >= 0.6 is 7.82 Å². The molecule has 0 aliphatic carbocycles. The first-order valence-corrected chi connectivity index (χ1v) is 24.9. The second kappa shape index (κ2) is 45.4. The van der Waals surface area contributed by atoms with Gasteiger partial charge in [0.25, 0.3) is 0 Å². The molecule has 342 valence electrons. The molecule has 0 rings (SSSR count). The van der Waals surface area contributed by atoms with E-state index in [4.69, 9.17) is 23.6 Å². The second-order valence-electron chi connectivity index (χ2n) is 15.4. The Hall–Kier alpha value is -2.10. The van der Waals surface area contributed by atoms with Crippen LogP contribution in [-0.2, 0) is 27.9 Å². The zero-order chi connectivity index (χ0) is 43.2. The van der Waals surface area contributed by atoms with Gasteiger partial charge in [-0.15, -0.1) is 0 Å². The smallest absolute Gasteiger partial charge is 0.457 e. The Morgan fingerprint density at radius 2 is 0.966 bits per heavy atom. The fourth-order valence-electron chi connectivity index (χ4n) is 6.08. The Morgan fingerprint density at radius 1 is 0.542 bits per heavy atom. The lowest BCUT2D eigenvalue weighted by Gasteiger charge is -2.20. The average Bonchev–Trinajstić information content (AvgIpc) is 3.23. The van der Waals surface area contributed by atoms with Gasteiger partial charge in [0.1, 0.15) is 12.2 Å². The van der Waals surface area contributed by atoms with Gasteiger partial charge in [-0.25, -0.2) is 4.57 Å². The maximum atomic E-state index is 12.6. The number of ether oxygens (including phenoxy) is 2. The van der Waals surface area contributed by atoms with E-state index < -0.39 is 45.8 Å². The van der Waals surface area contributed by atoms with Crippen molar-refractivity contribution in [1.29, 1.82) is 0 Å². The molecule has 3 atom stereocenters. The Labute approximate surface area is 361 Å². The molecule has 0 aromatic heterocycles. The number of aliphatic hydroxyl groups excluding tert-OH is 2. The molecule has 0 aliphatic heterocycles. The molecule has 0 radical (unpaired) electrons. The van der Waals surface area contributed by atoms with Gasteiger partial charge in [-0.1, -0.05) is 170 Å². The van der Waals surface area contributed by atoms with Crippen molar-refractivity contribution in [2.75, 3.05) is 33.0 Å². The first kappa shape index (κ1) is 56.9. The molecule has 0 aromatic rings. The Kier molecular flexibility index (Phi) is 43.8. The highest BCUT2D eigenvalue weighted by Crippen LogP contribution is 2.43. The van der Waals surface area contributed by atoms with E-state index >= 15 is 0 Å². The summed E-state index contributed by atoms with van der Waals surface area (Å²) in [6.07, 6.45) is 54.3. The lowest BCUT2D eigenvalue weighted by molar-refractivity contribution is -0.154. The number of carbonyl (C=O) groups excluding carboxylic acids is 1. The number of esters is 1. The van der Waals surface area contributed by atoms with Gasteiger partial charge in [0.2, 0.25) is 0 Å². The lowest BCUT2D eigenvalue weighted by Crippen LogP contribution is -2.29. The van der Waals surface area contributed by atoms with Crippen LogP contribution in [0.5, 0.6) is 0 Å². The molecule has 59 heavy (non-hydrogen) atoms. The summed E-state index contributed by atoms with van der Waals surface area (Å²) in [5.41, 5.74) is 0. The van der Waals surface area contributed by atoms with E-state index in [2.05, 4.69) is 86.8 Å². The monoisotopic (exact) mass is 851 g/mol. The first-order chi connectivity index (χ1) is 28.8. The predicted octanol–water partition coefficient (Wildman–Crippen LogP) is 13.3. The van der Waals surface area contributed by atoms with Crippen molar-refractivity contribution in [3.8, 4) is 0 Å². The number of allylic oxidation sites excluding steroid dienone is 12. The third kappa shape index (κ3) is 45.3. The number of phosphoric ester groups is 1. The zero-order valence-electron chi connectivity index (χ0n) is 37.4. The third-order valence-electron chi connectivity index (χ3n) is 9.63. The fraction of sp³-hybridized carbons (Fsp3) is 0.735. The number of aliphatic hydroxyl groups is 2. The van der Waals surface area contributed by atoms with Crippen molar-refractivity contribution in [2.45, 2.75) is 199 Å². The largest absolute Gasteiger partial charge is 0.472 e. The van der Waals surface area contributed by atoms with Crippen molar-refractivity contribution in [2.24, 2.45) is 0 Å². The zero-order valence-corrected chi connectivity index (χ0v) is 38.3. The molecule has 10 heteroatoms. The average molecular weight is 851 g/mol. The minimum atomic E-state index is -4.53. The normalized spacial score (nSPS) is 14.6. The van der Waals surface area contributed by atoms with Gasteiger partial charge >= 0.3 is 13.8 Å². The summed E-state index contributed by atoms with van der Waals surface area (Å²) < 4.78 is 33.4. The summed E-state index contributed by atoms with van der Waals surface area (Å²) in [6, 6.07) is 0. The quantitative estimate of drug-likeness (QED) is 0.0237. The van der Waals surface area contributed by atoms with Gasteiger partial charge in [0, 0.05) is 13.0 Å². The molecule has 0 aromatic carbocycles. The number of phosphoric acid groups is 1. The molecule has 0 spiro atoms. The summed E-state index contributed by atoms with van der Waals surface area (Å²) in [5.74, 6) is -0.405. The molecule has 0 saturated carbocycles. The van der Waals surface area contributed by atoms with Gasteiger partial charge in [0.05, 0.1) is 26.4 Å².